The van der Waals surface area contributed by atoms with Crippen molar-refractivity contribution in [2.75, 3.05) is 13.2 Å². The van der Waals surface area contributed by atoms with Gasteiger partial charge in [-0.2, -0.15) is 0 Å². The van der Waals surface area contributed by atoms with Gasteiger partial charge in [0.2, 0.25) is 0 Å². The van der Waals surface area contributed by atoms with Crippen molar-refractivity contribution >= 4 is 17.9 Å². The summed E-state index contributed by atoms with van der Waals surface area (Å²) >= 11 is 0. The van der Waals surface area contributed by atoms with Gasteiger partial charge >= 0.3 is 17.9 Å². The maximum Gasteiger partial charge on any atom is 0.306 e. The van der Waals surface area contributed by atoms with Crippen LogP contribution in [0.25, 0.3) is 0 Å². The zero-order valence-electron chi connectivity index (χ0n) is 42.4. The topological polar surface area (TPSA) is 78.9 Å². The van der Waals surface area contributed by atoms with Crippen LogP contribution in [0.3, 0.4) is 0 Å². The number of rotatable bonds is 51. The first-order valence-corrected chi connectivity index (χ1v) is 27.8. The van der Waals surface area contributed by atoms with Crippen LogP contribution in [0.15, 0.2) is 24.3 Å². The summed E-state index contributed by atoms with van der Waals surface area (Å²) in [7, 11) is 0. The van der Waals surface area contributed by atoms with Crippen molar-refractivity contribution < 1.29 is 28.6 Å². The summed E-state index contributed by atoms with van der Waals surface area (Å²) in [5.74, 6) is -0.868. The van der Waals surface area contributed by atoms with E-state index < -0.39 is 6.10 Å². The van der Waals surface area contributed by atoms with Gasteiger partial charge in [-0.1, -0.05) is 238 Å². The van der Waals surface area contributed by atoms with Gasteiger partial charge in [-0.3, -0.25) is 14.4 Å². The summed E-state index contributed by atoms with van der Waals surface area (Å²) in [5, 5.41) is 0. The van der Waals surface area contributed by atoms with E-state index >= 15 is 0 Å². The number of esters is 3. The molecular formula is C57H106O6. The van der Waals surface area contributed by atoms with Crippen molar-refractivity contribution in [3.8, 4) is 0 Å². The fourth-order valence-electron chi connectivity index (χ4n) is 8.20. The summed E-state index contributed by atoms with van der Waals surface area (Å²) in [5.41, 5.74) is 0. The third-order valence-corrected chi connectivity index (χ3v) is 12.4. The van der Waals surface area contributed by atoms with Crippen LogP contribution in [-0.2, 0) is 28.6 Å². The Hall–Kier alpha value is -2.11. The highest BCUT2D eigenvalue weighted by atomic mass is 16.6. The van der Waals surface area contributed by atoms with E-state index in [0.29, 0.717) is 19.3 Å². The van der Waals surface area contributed by atoms with E-state index in [-0.39, 0.29) is 31.1 Å². The van der Waals surface area contributed by atoms with Crippen molar-refractivity contribution in [1.29, 1.82) is 0 Å². The highest BCUT2D eigenvalue weighted by Gasteiger charge is 2.19. The Kier molecular flexibility index (Phi) is 50.8. The Morgan fingerprint density at radius 1 is 0.302 bits per heavy atom. The molecule has 0 aromatic rings. The fraction of sp³-hybridized carbons (Fsp3) is 0.877. The molecule has 0 heterocycles. The number of carbonyl (C=O) groups excluding carboxylic acids is 3. The van der Waals surface area contributed by atoms with Gasteiger partial charge in [0.05, 0.1) is 0 Å². The van der Waals surface area contributed by atoms with Crippen LogP contribution in [0.4, 0.5) is 0 Å². The minimum Gasteiger partial charge on any atom is -0.462 e. The van der Waals surface area contributed by atoms with Crippen molar-refractivity contribution in [2.45, 2.75) is 309 Å². The SMILES string of the molecule is CCCCCC/C=C\CCCCCCCC(=O)OCC(COC(=O)CCCCCCCCC/C=C\CCCCCCCCC)OC(=O)CCCCCCCCCCCCCCCC. The molecule has 6 heteroatoms. The second-order valence-corrected chi connectivity index (χ2v) is 18.8. The zero-order valence-corrected chi connectivity index (χ0v) is 42.4. The molecule has 0 aliphatic rings. The lowest BCUT2D eigenvalue weighted by Gasteiger charge is -2.18. The van der Waals surface area contributed by atoms with Gasteiger partial charge in [0.25, 0.3) is 0 Å². The quantitative estimate of drug-likeness (QED) is 0.0262. The number of allylic oxidation sites excluding steroid dienone is 4. The molecule has 0 aromatic carbocycles. The van der Waals surface area contributed by atoms with Gasteiger partial charge < -0.3 is 14.2 Å². The average Bonchev–Trinajstić information content (AvgIpc) is 3.28. The Balaban J connectivity index is 4.33. The lowest BCUT2D eigenvalue weighted by atomic mass is 10.0. The Morgan fingerprint density at radius 3 is 0.810 bits per heavy atom. The normalized spacial score (nSPS) is 12.1. The molecule has 0 radical (unpaired) electrons. The third kappa shape index (κ3) is 50.7. The molecule has 0 saturated heterocycles. The van der Waals surface area contributed by atoms with Crippen molar-refractivity contribution in [3.05, 3.63) is 24.3 Å². The van der Waals surface area contributed by atoms with Gasteiger partial charge in [0.1, 0.15) is 13.2 Å². The molecular weight excluding hydrogens is 781 g/mol. The van der Waals surface area contributed by atoms with Crippen LogP contribution in [0.2, 0.25) is 0 Å². The van der Waals surface area contributed by atoms with Gasteiger partial charge in [-0.05, 0) is 70.6 Å². The molecule has 0 aromatic heterocycles. The van der Waals surface area contributed by atoms with Gasteiger partial charge in [0.15, 0.2) is 6.10 Å². The average molecular weight is 887 g/mol. The number of hydrogen-bond acceptors (Lipinski definition) is 6. The van der Waals surface area contributed by atoms with Gasteiger partial charge in [-0.15, -0.1) is 0 Å². The monoisotopic (exact) mass is 887 g/mol. The molecule has 0 rings (SSSR count). The molecule has 6 nitrogen and oxygen atoms in total. The van der Waals surface area contributed by atoms with Crippen molar-refractivity contribution in [1.82, 2.24) is 0 Å². The lowest BCUT2D eigenvalue weighted by Crippen LogP contribution is -2.30. The van der Waals surface area contributed by atoms with Crippen LogP contribution in [0.5, 0.6) is 0 Å². The molecule has 0 fully saturated rings. The molecule has 0 aliphatic carbocycles. The first-order chi connectivity index (χ1) is 31.0. The number of carbonyl (C=O) groups is 3. The standard InChI is InChI=1S/C57H106O6/c1-4-7-10-13-16-19-22-25-27-28-29-30-33-35-38-41-44-47-50-56(59)62-53-54(52-61-55(58)49-46-43-40-37-34-31-24-21-18-15-12-9-6-3)63-57(60)51-48-45-42-39-36-32-26-23-20-17-14-11-8-5-2/h21,24,27-28,54H,4-20,22-23,25-26,29-53H2,1-3H3/b24-21-,28-27-. The predicted molar refractivity (Wildman–Crippen MR) is 270 cm³/mol. The molecule has 63 heavy (non-hydrogen) atoms. The molecule has 1 atom stereocenters. The van der Waals surface area contributed by atoms with Crippen LogP contribution in [0, 0.1) is 0 Å². The molecule has 0 aliphatic heterocycles. The largest absolute Gasteiger partial charge is 0.462 e. The van der Waals surface area contributed by atoms with Gasteiger partial charge in [-0.25, -0.2) is 0 Å². The first kappa shape index (κ1) is 60.9. The van der Waals surface area contributed by atoms with Crippen molar-refractivity contribution in [2.24, 2.45) is 0 Å². The van der Waals surface area contributed by atoms with Gasteiger partial charge in [0, 0.05) is 19.3 Å². The molecule has 0 bridgehead atoms. The summed E-state index contributed by atoms with van der Waals surface area (Å²) in [6, 6.07) is 0. The number of unbranched alkanes of at least 4 members (excludes halogenated alkanes) is 36. The number of hydrogen-bond donors (Lipinski definition) is 0. The van der Waals surface area contributed by atoms with Crippen LogP contribution < -0.4 is 0 Å². The van der Waals surface area contributed by atoms with E-state index in [1.54, 1.807) is 0 Å². The third-order valence-electron chi connectivity index (χ3n) is 12.4. The van der Waals surface area contributed by atoms with Crippen LogP contribution in [0.1, 0.15) is 303 Å². The highest BCUT2D eigenvalue weighted by Crippen LogP contribution is 2.16. The molecule has 0 N–H and O–H groups in total. The molecule has 0 saturated carbocycles. The summed E-state index contributed by atoms with van der Waals surface area (Å²) < 4.78 is 16.8. The first-order valence-electron chi connectivity index (χ1n) is 27.8. The predicted octanol–water partition coefficient (Wildman–Crippen LogP) is 18.3. The Bertz CT molecular complexity index is 1020. The lowest BCUT2D eigenvalue weighted by molar-refractivity contribution is -0.167. The van der Waals surface area contributed by atoms with Crippen LogP contribution >= 0.6 is 0 Å². The summed E-state index contributed by atoms with van der Waals surface area (Å²) in [4.78, 5) is 38.0. The molecule has 1 unspecified atom stereocenters. The molecule has 370 valence electrons. The Labute approximate surface area is 392 Å². The van der Waals surface area contributed by atoms with E-state index in [2.05, 4.69) is 45.1 Å². The van der Waals surface area contributed by atoms with E-state index in [9.17, 15) is 14.4 Å². The second kappa shape index (κ2) is 52.5. The molecule has 0 amide bonds. The zero-order chi connectivity index (χ0) is 45.8. The van der Waals surface area contributed by atoms with E-state index in [1.165, 1.54) is 199 Å². The van der Waals surface area contributed by atoms with Crippen molar-refractivity contribution in [3.63, 3.8) is 0 Å². The van der Waals surface area contributed by atoms with E-state index in [1.807, 2.05) is 0 Å². The minimum absolute atomic E-state index is 0.0721. The number of ether oxygens (including phenoxy) is 3. The fourth-order valence-corrected chi connectivity index (χ4v) is 8.20. The van der Waals surface area contributed by atoms with Crippen LogP contribution in [-0.4, -0.2) is 37.2 Å². The molecule has 0 spiro atoms. The van der Waals surface area contributed by atoms with E-state index in [0.717, 1.165) is 64.2 Å². The maximum absolute atomic E-state index is 12.8. The Morgan fingerprint density at radius 2 is 0.524 bits per heavy atom. The smallest absolute Gasteiger partial charge is 0.306 e. The van der Waals surface area contributed by atoms with E-state index in [4.69, 9.17) is 14.2 Å². The second-order valence-electron chi connectivity index (χ2n) is 18.8. The maximum atomic E-state index is 12.8. The minimum atomic E-state index is -0.771. The summed E-state index contributed by atoms with van der Waals surface area (Å²) in [6.45, 7) is 6.65. The highest BCUT2D eigenvalue weighted by molar-refractivity contribution is 5.71. The summed E-state index contributed by atoms with van der Waals surface area (Å²) in [6.07, 6.45) is 60.2.